The fraction of sp³-hybridized carbons (Fsp3) is 0.517. The smallest absolute Gasteiger partial charge is 0.329 e. The highest BCUT2D eigenvalue weighted by atomic mass is 16.5. The molecule has 0 heterocycles. The summed E-state index contributed by atoms with van der Waals surface area (Å²) in [6, 6.07) is 15.3. The average molecular weight is 465 g/mol. The third-order valence-electron chi connectivity index (χ3n) is 7.12. The minimum atomic E-state index is -0.535. The molecule has 5 nitrogen and oxygen atoms in total. The largest absolute Gasteiger partial charge is 0.497 e. The lowest BCUT2D eigenvalue weighted by atomic mass is 9.75. The molecule has 0 saturated heterocycles. The van der Waals surface area contributed by atoms with Gasteiger partial charge in [0.05, 0.1) is 7.11 Å². The van der Waals surface area contributed by atoms with Crippen LogP contribution >= 0.6 is 0 Å². The van der Waals surface area contributed by atoms with E-state index in [0.29, 0.717) is 17.8 Å². The van der Waals surface area contributed by atoms with Crippen molar-refractivity contribution in [3.05, 3.63) is 59.7 Å². The van der Waals surface area contributed by atoms with Crippen LogP contribution in [0.15, 0.2) is 53.5 Å². The molecule has 1 aliphatic rings. The van der Waals surface area contributed by atoms with Crippen LogP contribution in [0, 0.1) is 24.7 Å². The number of aliphatic imine (C=N–C) groups is 1. The minimum absolute atomic E-state index is 0.0413. The Hall–Kier alpha value is -2.82. The van der Waals surface area contributed by atoms with Crippen molar-refractivity contribution in [2.45, 2.75) is 66.0 Å². The van der Waals surface area contributed by atoms with Gasteiger partial charge in [-0.25, -0.2) is 4.79 Å². The molecular weight excluding hydrogens is 424 g/mol. The van der Waals surface area contributed by atoms with Crippen LogP contribution in [0.3, 0.4) is 0 Å². The minimum Gasteiger partial charge on any atom is -0.497 e. The fourth-order valence-electron chi connectivity index (χ4n) is 5.06. The van der Waals surface area contributed by atoms with Crippen molar-refractivity contribution in [3.63, 3.8) is 0 Å². The topological polar surface area (TPSA) is 51.1 Å². The van der Waals surface area contributed by atoms with Crippen molar-refractivity contribution >= 4 is 17.5 Å². The summed E-state index contributed by atoms with van der Waals surface area (Å²) < 4.78 is 11.6. The van der Waals surface area contributed by atoms with Crippen molar-refractivity contribution in [1.29, 1.82) is 0 Å². The number of hydrogen-bond donors (Lipinski definition) is 0. The second-order valence-electron chi connectivity index (χ2n) is 9.91. The molecule has 3 rings (SSSR count). The van der Waals surface area contributed by atoms with E-state index in [9.17, 15) is 4.79 Å². The number of rotatable bonds is 7. The number of amidine groups is 1. The number of carbonyl (C=O) groups is 1. The Morgan fingerprint density at radius 2 is 1.74 bits per heavy atom. The fourth-order valence-corrected chi connectivity index (χ4v) is 5.06. The number of methoxy groups -OCH3 is 1. The Kier molecular flexibility index (Phi) is 8.76. The number of esters is 1. The van der Waals surface area contributed by atoms with Crippen LogP contribution in [0.1, 0.15) is 58.1 Å². The lowest BCUT2D eigenvalue weighted by molar-refractivity contribution is -0.156. The van der Waals surface area contributed by atoms with Crippen LogP contribution in [-0.4, -0.2) is 38.1 Å². The predicted molar refractivity (Wildman–Crippen MR) is 140 cm³/mol. The normalized spacial score (nSPS) is 21.8. The third-order valence-corrected chi connectivity index (χ3v) is 7.12. The standard InChI is InChI=1S/C29H40N2O3/c1-19(2)25-17-12-20(3)18-27(25)34-29(32)22(5)31(26-11-9-8-10-21(26)4)28(30-6)23-13-15-24(33-7)16-14-23/h8-11,13-16,19-20,22,25,27H,12,17-18H2,1-7H3/b30-28+/t20-,22-,25+,27-/m1/s1. The Bertz CT molecular complexity index is 983. The van der Waals surface area contributed by atoms with Crippen LogP contribution in [-0.2, 0) is 9.53 Å². The second-order valence-corrected chi connectivity index (χ2v) is 9.91. The van der Waals surface area contributed by atoms with Gasteiger partial charge in [0.15, 0.2) is 0 Å². The number of carbonyl (C=O) groups excluding carboxylic acids is 1. The molecule has 0 amide bonds. The van der Waals surface area contributed by atoms with E-state index in [1.807, 2.05) is 54.3 Å². The van der Waals surface area contributed by atoms with Crippen LogP contribution in [0.25, 0.3) is 0 Å². The molecule has 2 aromatic carbocycles. The molecule has 0 spiro atoms. The SMILES string of the molecule is C/N=C(\c1ccc(OC)cc1)N(c1ccccc1C)[C@H](C)C(=O)O[C@@H]1C[C@H](C)CC[C@H]1C(C)C. The zero-order chi connectivity index (χ0) is 24.8. The first-order valence-corrected chi connectivity index (χ1v) is 12.4. The molecule has 0 radical (unpaired) electrons. The number of ether oxygens (including phenoxy) is 2. The van der Waals surface area contributed by atoms with Gasteiger partial charge in [-0.05, 0) is 80.3 Å². The van der Waals surface area contributed by atoms with E-state index in [-0.39, 0.29) is 12.1 Å². The van der Waals surface area contributed by atoms with Crippen LogP contribution in [0.4, 0.5) is 5.69 Å². The van der Waals surface area contributed by atoms with Gasteiger partial charge in [0.2, 0.25) is 0 Å². The molecule has 0 N–H and O–H groups in total. The Morgan fingerprint density at radius 1 is 1.06 bits per heavy atom. The maximum absolute atomic E-state index is 13.6. The Morgan fingerprint density at radius 3 is 2.32 bits per heavy atom. The van der Waals surface area contributed by atoms with Crippen molar-refractivity contribution in [2.75, 3.05) is 19.1 Å². The summed E-state index contributed by atoms with van der Waals surface area (Å²) in [7, 11) is 3.42. The number of aryl methyl sites for hydroxylation is 1. The average Bonchev–Trinajstić information content (AvgIpc) is 2.82. The molecule has 1 fully saturated rings. The molecule has 0 aromatic heterocycles. The highest BCUT2D eigenvalue weighted by Gasteiger charge is 2.36. The first kappa shape index (κ1) is 25.8. The van der Waals surface area contributed by atoms with Crippen LogP contribution in [0.5, 0.6) is 5.75 Å². The summed E-state index contributed by atoms with van der Waals surface area (Å²) in [5.74, 6) is 2.75. The summed E-state index contributed by atoms with van der Waals surface area (Å²) in [6.45, 7) is 10.7. The van der Waals surface area contributed by atoms with Crippen molar-refractivity contribution in [3.8, 4) is 5.75 Å². The van der Waals surface area contributed by atoms with Gasteiger partial charge in [-0.3, -0.25) is 4.99 Å². The summed E-state index contributed by atoms with van der Waals surface area (Å²) in [5, 5.41) is 0. The number of anilines is 1. The van der Waals surface area contributed by atoms with E-state index in [1.165, 1.54) is 6.42 Å². The predicted octanol–water partition coefficient (Wildman–Crippen LogP) is 6.28. The third kappa shape index (κ3) is 5.81. The van der Waals surface area contributed by atoms with Gasteiger partial charge in [0, 0.05) is 18.3 Å². The number of benzene rings is 2. The number of para-hydroxylation sites is 1. The van der Waals surface area contributed by atoms with Gasteiger partial charge < -0.3 is 14.4 Å². The molecule has 5 heteroatoms. The molecule has 1 aliphatic carbocycles. The lowest BCUT2D eigenvalue weighted by Gasteiger charge is -2.38. The van der Waals surface area contributed by atoms with E-state index < -0.39 is 6.04 Å². The van der Waals surface area contributed by atoms with Crippen molar-refractivity contribution < 1.29 is 14.3 Å². The molecule has 4 atom stereocenters. The first-order valence-electron chi connectivity index (χ1n) is 12.4. The Labute approximate surface area is 205 Å². The zero-order valence-corrected chi connectivity index (χ0v) is 21.7. The quantitative estimate of drug-likeness (QED) is 0.275. The highest BCUT2D eigenvalue weighted by Crippen LogP contribution is 2.36. The summed E-state index contributed by atoms with van der Waals surface area (Å²) >= 11 is 0. The Balaban J connectivity index is 1.95. The molecule has 2 aromatic rings. The van der Waals surface area contributed by atoms with Crippen molar-refractivity contribution in [2.24, 2.45) is 22.7 Å². The lowest BCUT2D eigenvalue weighted by Crippen LogP contribution is -2.47. The molecule has 184 valence electrons. The monoisotopic (exact) mass is 464 g/mol. The molecule has 34 heavy (non-hydrogen) atoms. The van der Waals surface area contributed by atoms with Crippen molar-refractivity contribution in [1.82, 2.24) is 0 Å². The molecule has 1 saturated carbocycles. The summed E-state index contributed by atoms with van der Waals surface area (Å²) in [4.78, 5) is 20.3. The summed E-state index contributed by atoms with van der Waals surface area (Å²) in [5.41, 5.74) is 2.93. The van der Waals surface area contributed by atoms with E-state index >= 15 is 0 Å². The number of hydrogen-bond acceptors (Lipinski definition) is 4. The maximum Gasteiger partial charge on any atom is 0.329 e. The van der Waals surface area contributed by atoms with Gasteiger partial charge in [0.25, 0.3) is 0 Å². The van der Waals surface area contributed by atoms with E-state index in [4.69, 9.17) is 9.47 Å². The highest BCUT2D eigenvalue weighted by molar-refractivity contribution is 6.13. The molecule has 0 bridgehead atoms. The molecule has 0 unspecified atom stereocenters. The van der Waals surface area contributed by atoms with Gasteiger partial charge in [-0.2, -0.15) is 0 Å². The van der Waals surface area contributed by atoms with Crippen LogP contribution in [0.2, 0.25) is 0 Å². The van der Waals surface area contributed by atoms with E-state index in [2.05, 4.69) is 38.8 Å². The summed E-state index contributed by atoms with van der Waals surface area (Å²) in [6.07, 6.45) is 3.20. The molecular formula is C29H40N2O3. The van der Waals surface area contributed by atoms with Gasteiger partial charge in [0.1, 0.15) is 23.7 Å². The van der Waals surface area contributed by atoms with E-state index in [0.717, 1.165) is 41.2 Å². The zero-order valence-electron chi connectivity index (χ0n) is 21.7. The molecule has 0 aliphatic heterocycles. The van der Waals surface area contributed by atoms with Gasteiger partial charge in [-0.15, -0.1) is 0 Å². The van der Waals surface area contributed by atoms with Crippen LogP contribution < -0.4 is 9.64 Å². The second kappa shape index (κ2) is 11.5. The maximum atomic E-state index is 13.6. The van der Waals surface area contributed by atoms with E-state index in [1.54, 1.807) is 14.2 Å². The van der Waals surface area contributed by atoms with Gasteiger partial charge in [-0.1, -0.05) is 45.4 Å². The van der Waals surface area contributed by atoms with Gasteiger partial charge >= 0.3 is 5.97 Å². The first-order chi connectivity index (χ1) is 16.3. The number of nitrogens with zero attached hydrogens (tertiary/aromatic N) is 2.